The molecule has 2 amide bonds. The van der Waals surface area contributed by atoms with Crippen molar-refractivity contribution in [1.82, 2.24) is 15.2 Å². The molecule has 40 heavy (non-hydrogen) atoms. The average molecular weight is 667 g/mol. The molecule has 1 atom stereocenters. The van der Waals surface area contributed by atoms with Gasteiger partial charge in [-0.05, 0) is 70.1 Å². The topological polar surface area (TPSA) is 190 Å². The van der Waals surface area contributed by atoms with Crippen molar-refractivity contribution in [3.63, 3.8) is 0 Å². The summed E-state index contributed by atoms with van der Waals surface area (Å²) < 4.78 is 29.0. The maximum absolute atomic E-state index is 13.3. The molecule has 0 spiro atoms. The number of halogens is 1. The maximum atomic E-state index is 13.3. The first-order chi connectivity index (χ1) is 18.7. The van der Waals surface area contributed by atoms with Gasteiger partial charge < -0.3 is 34.5 Å². The summed E-state index contributed by atoms with van der Waals surface area (Å²) in [5, 5.41) is 2.44. The number of nitrogens with zero attached hydrogens (tertiary/aromatic N) is 3. The molecule has 1 heterocycles. The highest BCUT2D eigenvalue weighted by atomic mass is 79.9. The Kier molecular flexibility index (Phi) is 13.2. The van der Waals surface area contributed by atoms with E-state index in [2.05, 4.69) is 39.7 Å². The number of carbonyl (C=O) groups is 2. The molecule has 0 fully saturated rings. The van der Waals surface area contributed by atoms with Gasteiger partial charge in [0.2, 0.25) is 11.4 Å². The fourth-order valence-corrected chi connectivity index (χ4v) is 6.69. The first kappa shape index (κ1) is 34.3. The molecule has 2 aromatic rings. The summed E-state index contributed by atoms with van der Waals surface area (Å²) in [6.45, 7) is 8.64. The lowest BCUT2D eigenvalue weighted by Crippen LogP contribution is -2.40. The Labute approximate surface area is 241 Å². The number of rotatable bonds is 15. The first-order valence-corrected chi connectivity index (χ1v) is 17.0. The molecule has 16 heteroatoms. The van der Waals surface area contributed by atoms with E-state index < -0.39 is 32.7 Å². The van der Waals surface area contributed by atoms with E-state index >= 15 is 0 Å². The van der Waals surface area contributed by atoms with Crippen molar-refractivity contribution in [2.45, 2.75) is 58.0 Å². The number of hydrogen-bond acceptors (Lipinski definition) is 7. The van der Waals surface area contributed by atoms with Crippen LogP contribution >= 0.6 is 31.1 Å². The lowest BCUT2D eigenvalue weighted by molar-refractivity contribution is -0.121. The number of fused-ring (bicyclic) bond motifs is 1. The fourth-order valence-electron chi connectivity index (χ4n) is 4.15. The number of pyridine rings is 1. The van der Waals surface area contributed by atoms with Crippen molar-refractivity contribution < 1.29 is 43.0 Å². The number of hydrogen-bond donors (Lipinski definition) is 5. The van der Waals surface area contributed by atoms with Gasteiger partial charge in [0.25, 0.3) is 0 Å². The number of amides is 2. The van der Waals surface area contributed by atoms with E-state index in [4.69, 9.17) is 24.3 Å². The van der Waals surface area contributed by atoms with Crippen molar-refractivity contribution >= 4 is 59.7 Å². The van der Waals surface area contributed by atoms with Crippen molar-refractivity contribution in [1.29, 1.82) is 0 Å². The number of anilines is 1. The molecule has 0 saturated carbocycles. The van der Waals surface area contributed by atoms with Gasteiger partial charge in [0.15, 0.2) is 0 Å². The maximum Gasteiger partial charge on any atom is 0.414 e. The summed E-state index contributed by atoms with van der Waals surface area (Å²) in [4.78, 5) is 70.3. The average Bonchev–Trinajstić information content (AvgIpc) is 2.86. The van der Waals surface area contributed by atoms with Crippen molar-refractivity contribution in [2.75, 3.05) is 31.1 Å². The van der Waals surface area contributed by atoms with Crippen LogP contribution in [0.25, 0.3) is 10.9 Å². The summed E-state index contributed by atoms with van der Waals surface area (Å²) in [6.07, 6.45) is 2.09. The Morgan fingerprint density at radius 1 is 1.07 bits per heavy atom. The quantitative estimate of drug-likeness (QED) is 0.136. The van der Waals surface area contributed by atoms with Gasteiger partial charge in [0, 0.05) is 28.5 Å². The number of carbonyl (C=O) groups excluding carboxylic acids is 2. The third kappa shape index (κ3) is 10.2. The van der Waals surface area contributed by atoms with Crippen LogP contribution in [0.5, 0.6) is 0 Å². The molecule has 2 rings (SSSR count). The minimum Gasteiger partial charge on any atom is -0.449 e. The monoisotopic (exact) mass is 666 g/mol. The standard InChI is InChI=1S/C24H37BrN4O9P2/c1-4-28(5-2)14-6-8-17(3)29(21-12-13-26-20-16-18(25)10-11-19(20)21)24(31)38-15-7-9-22(30)27-23(39(32,33)34)40(35,36)37/h10-13,16-17,23H,4-9,14-15H2,1-3H3,(H,27,30)(H2,32,33,34)(H2,35,36,37). The first-order valence-electron chi connectivity index (χ1n) is 12.8. The van der Waals surface area contributed by atoms with E-state index in [1.54, 1.807) is 22.5 Å². The Balaban J connectivity index is 2.13. The Morgan fingerprint density at radius 3 is 2.33 bits per heavy atom. The predicted molar refractivity (Wildman–Crippen MR) is 155 cm³/mol. The highest BCUT2D eigenvalue weighted by molar-refractivity contribution is 9.10. The summed E-state index contributed by atoms with van der Waals surface area (Å²) in [7, 11) is -10.6. The molecule has 0 aliphatic heterocycles. The minimum atomic E-state index is -5.31. The number of nitrogens with one attached hydrogen (secondary N) is 1. The SMILES string of the molecule is CCN(CC)CCCC(C)N(C(=O)OCCCC(=O)NC(P(=O)(O)O)P(=O)(O)O)c1ccnc2cc(Br)ccc12. The van der Waals surface area contributed by atoms with Gasteiger partial charge in [-0.3, -0.25) is 23.8 Å². The van der Waals surface area contributed by atoms with Gasteiger partial charge in [-0.2, -0.15) is 0 Å². The van der Waals surface area contributed by atoms with Crippen LogP contribution in [-0.2, 0) is 18.7 Å². The molecule has 0 aliphatic carbocycles. The number of benzene rings is 1. The Bertz CT molecular complexity index is 1230. The molecule has 1 aromatic carbocycles. The van der Waals surface area contributed by atoms with Gasteiger partial charge in [0.05, 0.1) is 17.8 Å². The van der Waals surface area contributed by atoms with Crippen LogP contribution in [0.15, 0.2) is 34.9 Å². The zero-order valence-corrected chi connectivity index (χ0v) is 26.0. The van der Waals surface area contributed by atoms with E-state index in [9.17, 15) is 18.7 Å². The molecule has 0 saturated heterocycles. The molecular weight excluding hydrogens is 630 g/mol. The van der Waals surface area contributed by atoms with Gasteiger partial charge >= 0.3 is 21.3 Å². The number of ether oxygens (including phenoxy) is 1. The van der Waals surface area contributed by atoms with Gasteiger partial charge in [-0.25, -0.2) is 4.79 Å². The zero-order chi connectivity index (χ0) is 30.1. The minimum absolute atomic E-state index is 0.0408. The summed E-state index contributed by atoms with van der Waals surface area (Å²) in [5.41, 5.74) is -1.34. The lowest BCUT2D eigenvalue weighted by Gasteiger charge is -2.30. The lowest BCUT2D eigenvalue weighted by atomic mass is 10.1. The van der Waals surface area contributed by atoms with E-state index in [0.29, 0.717) is 17.6 Å². The highest BCUT2D eigenvalue weighted by Gasteiger charge is 2.44. The van der Waals surface area contributed by atoms with E-state index in [0.717, 1.165) is 35.9 Å². The van der Waals surface area contributed by atoms with E-state index in [1.807, 2.05) is 25.1 Å². The third-order valence-electron chi connectivity index (χ3n) is 6.27. The zero-order valence-electron chi connectivity index (χ0n) is 22.6. The smallest absolute Gasteiger partial charge is 0.414 e. The molecule has 0 radical (unpaired) electrons. The summed E-state index contributed by atoms with van der Waals surface area (Å²) in [5.74, 6) is -1.000. The Morgan fingerprint density at radius 2 is 1.73 bits per heavy atom. The van der Waals surface area contributed by atoms with Gasteiger partial charge in [-0.1, -0.05) is 29.8 Å². The van der Waals surface area contributed by atoms with Crippen molar-refractivity contribution in [3.8, 4) is 0 Å². The largest absolute Gasteiger partial charge is 0.449 e. The van der Waals surface area contributed by atoms with E-state index in [1.165, 1.54) is 0 Å². The molecular formula is C24H37BrN4O9P2. The van der Waals surface area contributed by atoms with Crippen LogP contribution in [-0.4, -0.2) is 79.3 Å². The summed E-state index contributed by atoms with van der Waals surface area (Å²) in [6, 6.07) is 7.04. The van der Waals surface area contributed by atoms with Crippen LogP contribution in [0.4, 0.5) is 10.5 Å². The second kappa shape index (κ2) is 15.4. The molecule has 1 aromatic heterocycles. The van der Waals surface area contributed by atoms with Crippen LogP contribution in [0, 0.1) is 0 Å². The van der Waals surface area contributed by atoms with Crippen LogP contribution in [0.2, 0.25) is 0 Å². The second-order valence-corrected chi connectivity index (χ2v) is 13.9. The second-order valence-electron chi connectivity index (χ2n) is 9.22. The van der Waals surface area contributed by atoms with Gasteiger partial charge in [-0.15, -0.1) is 0 Å². The molecule has 0 aliphatic rings. The molecule has 224 valence electrons. The van der Waals surface area contributed by atoms with Crippen LogP contribution < -0.4 is 10.2 Å². The Hall–Kier alpha value is -1.89. The van der Waals surface area contributed by atoms with Crippen molar-refractivity contribution in [2.24, 2.45) is 0 Å². The predicted octanol–water partition coefficient (Wildman–Crippen LogP) is 3.99. The normalized spacial score (nSPS) is 13.1. The van der Waals surface area contributed by atoms with Crippen LogP contribution in [0.1, 0.15) is 46.5 Å². The molecule has 1 unspecified atom stereocenters. The fraction of sp³-hybridized carbons (Fsp3) is 0.542. The molecule has 5 N–H and O–H groups in total. The highest BCUT2D eigenvalue weighted by Crippen LogP contribution is 2.58. The van der Waals surface area contributed by atoms with E-state index in [-0.39, 0.29) is 25.5 Å². The van der Waals surface area contributed by atoms with Crippen molar-refractivity contribution in [3.05, 3.63) is 34.9 Å². The third-order valence-corrected chi connectivity index (χ3v) is 10.1. The van der Waals surface area contributed by atoms with Gasteiger partial charge in [0.1, 0.15) is 0 Å². The van der Waals surface area contributed by atoms with Crippen LogP contribution in [0.3, 0.4) is 0 Å². The molecule has 13 nitrogen and oxygen atoms in total. The molecule has 0 bridgehead atoms. The summed E-state index contributed by atoms with van der Waals surface area (Å²) >= 11 is 3.43. The number of aromatic nitrogens is 1.